The van der Waals surface area contributed by atoms with E-state index in [2.05, 4.69) is 39.6 Å². The largest absolute Gasteiger partial charge is 0.356 e. The maximum absolute atomic E-state index is 5.24. The molecule has 6 nitrogen and oxygen atoms in total. The highest BCUT2D eigenvalue weighted by molar-refractivity contribution is 14.0. The van der Waals surface area contributed by atoms with Crippen LogP contribution in [0.4, 0.5) is 0 Å². The number of nitrogens with one attached hydrogen (secondary N) is 2. The Hall–Kier alpha value is -0.860. The normalized spacial score (nSPS) is 15.4. The smallest absolute Gasteiger partial charge is 0.228 e. The summed E-state index contributed by atoms with van der Waals surface area (Å²) in [4.78, 5) is 8.63. The van der Waals surface area contributed by atoms with Crippen LogP contribution < -0.4 is 10.6 Å². The Morgan fingerprint density at radius 1 is 1.20 bits per heavy atom. The van der Waals surface area contributed by atoms with E-state index in [4.69, 9.17) is 4.52 Å². The van der Waals surface area contributed by atoms with Gasteiger partial charge in [0.2, 0.25) is 5.89 Å². The van der Waals surface area contributed by atoms with Crippen LogP contribution in [0.2, 0.25) is 0 Å². The summed E-state index contributed by atoms with van der Waals surface area (Å²) in [7, 11) is 1.80. The summed E-state index contributed by atoms with van der Waals surface area (Å²) < 4.78 is 5.24. The minimum atomic E-state index is 0. The van der Waals surface area contributed by atoms with Gasteiger partial charge in [0.05, 0.1) is 0 Å². The quantitative estimate of drug-likeness (QED) is 0.252. The van der Waals surface area contributed by atoms with Gasteiger partial charge in [-0.05, 0) is 12.3 Å². The fourth-order valence-corrected chi connectivity index (χ4v) is 3.18. The van der Waals surface area contributed by atoms with Crippen LogP contribution >= 0.6 is 24.0 Å². The molecular weight excluding hydrogens is 429 g/mol. The number of nitrogens with zero attached hydrogens (tertiary/aromatic N) is 3. The predicted octanol–water partition coefficient (Wildman–Crippen LogP) is 3.88. The van der Waals surface area contributed by atoms with E-state index in [0.717, 1.165) is 30.8 Å². The molecule has 0 bridgehead atoms. The topological polar surface area (TPSA) is 75.3 Å². The van der Waals surface area contributed by atoms with E-state index in [-0.39, 0.29) is 24.0 Å². The summed E-state index contributed by atoms with van der Waals surface area (Å²) >= 11 is 0. The Balaban J connectivity index is 0.00000312. The standard InChI is InChI=1S/C18H33N5O.HI/c1-14(2)17-22-16(24-23-17)11-13-21-18(19-3)20-12-7-6-10-15-8-4-5-9-15;/h14-15H,4-13H2,1-3H3,(H2,19,20,21);1H. The zero-order chi connectivity index (χ0) is 17.2. The van der Waals surface area contributed by atoms with Gasteiger partial charge in [0.1, 0.15) is 0 Å². The van der Waals surface area contributed by atoms with Crippen molar-refractivity contribution < 1.29 is 4.52 Å². The Bertz CT molecular complexity index is 497. The van der Waals surface area contributed by atoms with Gasteiger partial charge in [-0.25, -0.2) is 0 Å². The predicted molar refractivity (Wildman–Crippen MR) is 113 cm³/mol. The average molecular weight is 463 g/mol. The molecular formula is C18H34IN5O. The van der Waals surface area contributed by atoms with Crippen LogP contribution in [0.1, 0.15) is 76.4 Å². The second kappa shape index (κ2) is 12.5. The summed E-state index contributed by atoms with van der Waals surface area (Å²) in [6.45, 7) is 5.84. The van der Waals surface area contributed by atoms with Crippen molar-refractivity contribution in [1.82, 2.24) is 20.8 Å². The molecule has 25 heavy (non-hydrogen) atoms. The Morgan fingerprint density at radius 3 is 2.56 bits per heavy atom. The highest BCUT2D eigenvalue weighted by Gasteiger charge is 2.14. The molecule has 0 radical (unpaired) electrons. The molecule has 7 heteroatoms. The molecule has 2 rings (SSSR count). The number of aliphatic imine (C=N–C) groups is 1. The van der Waals surface area contributed by atoms with Gasteiger partial charge in [0.15, 0.2) is 11.8 Å². The number of hydrogen-bond donors (Lipinski definition) is 2. The van der Waals surface area contributed by atoms with Gasteiger partial charge >= 0.3 is 0 Å². The summed E-state index contributed by atoms with van der Waals surface area (Å²) in [5.74, 6) is 3.59. The first-order chi connectivity index (χ1) is 11.7. The van der Waals surface area contributed by atoms with E-state index in [0.29, 0.717) is 18.2 Å². The summed E-state index contributed by atoms with van der Waals surface area (Å²) in [5, 5.41) is 10.7. The van der Waals surface area contributed by atoms with Crippen molar-refractivity contribution in [1.29, 1.82) is 0 Å². The lowest BCUT2D eigenvalue weighted by atomic mass is 10.0. The zero-order valence-electron chi connectivity index (χ0n) is 15.9. The molecule has 1 aromatic heterocycles. The molecule has 2 N–H and O–H groups in total. The van der Waals surface area contributed by atoms with Gasteiger partial charge in [0, 0.05) is 32.5 Å². The third-order valence-electron chi connectivity index (χ3n) is 4.66. The number of unbranched alkanes of at least 4 members (excludes halogenated alkanes) is 1. The molecule has 0 aromatic carbocycles. The molecule has 1 saturated carbocycles. The first-order valence-electron chi connectivity index (χ1n) is 9.46. The lowest BCUT2D eigenvalue weighted by molar-refractivity contribution is 0.371. The number of rotatable bonds is 9. The van der Waals surface area contributed by atoms with Crippen molar-refractivity contribution in [3.8, 4) is 0 Å². The average Bonchev–Trinajstić information content (AvgIpc) is 3.24. The molecule has 1 aromatic rings. The highest BCUT2D eigenvalue weighted by atomic mass is 127. The van der Waals surface area contributed by atoms with Crippen LogP contribution in [-0.4, -0.2) is 36.2 Å². The van der Waals surface area contributed by atoms with Gasteiger partial charge in [-0.1, -0.05) is 57.5 Å². The lowest BCUT2D eigenvalue weighted by Crippen LogP contribution is -2.38. The van der Waals surface area contributed by atoms with Crippen molar-refractivity contribution in [2.45, 2.75) is 71.1 Å². The van der Waals surface area contributed by atoms with Crippen molar-refractivity contribution in [3.63, 3.8) is 0 Å². The first-order valence-corrected chi connectivity index (χ1v) is 9.46. The summed E-state index contributed by atoms with van der Waals surface area (Å²) in [6, 6.07) is 0. The van der Waals surface area contributed by atoms with Crippen LogP contribution in [0.5, 0.6) is 0 Å². The van der Waals surface area contributed by atoms with Crippen molar-refractivity contribution in [2.24, 2.45) is 10.9 Å². The number of hydrogen-bond acceptors (Lipinski definition) is 4. The molecule has 0 saturated heterocycles. The third kappa shape index (κ3) is 8.37. The van der Waals surface area contributed by atoms with Crippen molar-refractivity contribution >= 4 is 29.9 Å². The molecule has 1 fully saturated rings. The fourth-order valence-electron chi connectivity index (χ4n) is 3.18. The van der Waals surface area contributed by atoms with Crippen molar-refractivity contribution in [3.05, 3.63) is 11.7 Å². The maximum atomic E-state index is 5.24. The maximum Gasteiger partial charge on any atom is 0.228 e. The molecule has 1 aliphatic rings. The fraction of sp³-hybridized carbons (Fsp3) is 0.833. The van der Waals surface area contributed by atoms with Gasteiger partial charge in [0.25, 0.3) is 0 Å². The van der Waals surface area contributed by atoms with E-state index in [9.17, 15) is 0 Å². The SMILES string of the molecule is CN=C(NCCCCC1CCCC1)NCCc1nc(C(C)C)no1.I. The number of halogens is 1. The second-order valence-electron chi connectivity index (χ2n) is 7.02. The number of aromatic nitrogens is 2. The van der Waals surface area contributed by atoms with E-state index >= 15 is 0 Å². The monoisotopic (exact) mass is 463 g/mol. The van der Waals surface area contributed by atoms with Gasteiger partial charge < -0.3 is 15.2 Å². The van der Waals surface area contributed by atoms with Crippen LogP contribution in [-0.2, 0) is 6.42 Å². The van der Waals surface area contributed by atoms with Gasteiger partial charge in [-0.15, -0.1) is 24.0 Å². The Morgan fingerprint density at radius 2 is 1.92 bits per heavy atom. The molecule has 0 aliphatic heterocycles. The Labute approximate surface area is 169 Å². The van der Waals surface area contributed by atoms with E-state index < -0.39 is 0 Å². The first kappa shape index (κ1) is 22.2. The van der Waals surface area contributed by atoms with E-state index in [1.807, 2.05) is 0 Å². The van der Waals surface area contributed by atoms with Crippen molar-refractivity contribution in [2.75, 3.05) is 20.1 Å². The highest BCUT2D eigenvalue weighted by Crippen LogP contribution is 2.28. The van der Waals surface area contributed by atoms with Gasteiger partial charge in [-0.2, -0.15) is 4.98 Å². The zero-order valence-corrected chi connectivity index (χ0v) is 18.2. The van der Waals surface area contributed by atoms with E-state index in [1.54, 1.807) is 7.05 Å². The lowest BCUT2D eigenvalue weighted by Gasteiger charge is -2.12. The third-order valence-corrected chi connectivity index (χ3v) is 4.66. The van der Waals surface area contributed by atoms with Crippen LogP contribution in [0.25, 0.3) is 0 Å². The molecule has 0 spiro atoms. The number of guanidine groups is 1. The van der Waals surface area contributed by atoms with Crippen LogP contribution in [0, 0.1) is 5.92 Å². The molecule has 1 aliphatic carbocycles. The molecule has 0 unspecified atom stereocenters. The molecule has 1 heterocycles. The minimum Gasteiger partial charge on any atom is -0.356 e. The summed E-state index contributed by atoms with van der Waals surface area (Å²) in [6.07, 6.45) is 10.4. The van der Waals surface area contributed by atoms with Gasteiger partial charge in [-0.3, -0.25) is 4.99 Å². The van der Waals surface area contributed by atoms with Crippen LogP contribution in [0.15, 0.2) is 9.52 Å². The van der Waals surface area contributed by atoms with E-state index in [1.165, 1.54) is 44.9 Å². The second-order valence-corrected chi connectivity index (χ2v) is 7.02. The molecule has 0 amide bonds. The summed E-state index contributed by atoms with van der Waals surface area (Å²) in [5.41, 5.74) is 0. The minimum absolute atomic E-state index is 0. The van der Waals surface area contributed by atoms with Crippen LogP contribution in [0.3, 0.4) is 0 Å². The molecule has 0 atom stereocenters. The molecule has 144 valence electrons. The Kier molecular flexibility index (Phi) is 11.1.